The minimum absolute atomic E-state index is 0.165. The summed E-state index contributed by atoms with van der Waals surface area (Å²) in [5, 5.41) is 0. The van der Waals surface area contributed by atoms with Crippen LogP contribution in [0.25, 0.3) is 0 Å². The van der Waals surface area contributed by atoms with E-state index < -0.39 is 5.95 Å². The first-order valence-electron chi connectivity index (χ1n) is 6.71. The van der Waals surface area contributed by atoms with Crippen molar-refractivity contribution in [2.45, 2.75) is 26.4 Å². The summed E-state index contributed by atoms with van der Waals surface area (Å²) in [5.74, 6) is -0.442. The molecule has 0 radical (unpaired) electrons. The van der Waals surface area contributed by atoms with E-state index in [-0.39, 0.29) is 5.56 Å². The molecule has 2 N–H and O–H groups in total. The monoisotopic (exact) mass is 306 g/mol. The molecule has 7 heteroatoms. The molecule has 0 amide bonds. The Bertz CT molecular complexity index is 778. The average molecular weight is 306 g/mol. The lowest BCUT2D eigenvalue weighted by Crippen LogP contribution is -2.35. The van der Waals surface area contributed by atoms with Crippen LogP contribution in [0, 0.1) is 17.6 Å². The van der Waals surface area contributed by atoms with Crippen LogP contribution < -0.4 is 5.56 Å². The van der Waals surface area contributed by atoms with Gasteiger partial charge in [0, 0.05) is 43.5 Å². The largest absolute Gasteiger partial charge is 0.335 e. The Kier molecular flexibility index (Phi) is 3.69. The van der Waals surface area contributed by atoms with Crippen LogP contribution >= 0.6 is 12.2 Å². The van der Waals surface area contributed by atoms with Crippen LogP contribution in [-0.2, 0) is 19.5 Å². The van der Waals surface area contributed by atoms with Gasteiger partial charge in [-0.1, -0.05) is 0 Å². The Morgan fingerprint density at radius 1 is 1.48 bits per heavy atom. The number of nitrogens with zero attached hydrogens (tertiary/aromatic N) is 2. The molecule has 5 nitrogen and oxygen atoms in total. The number of hydrogen-bond acceptors (Lipinski definition) is 4. The topological polar surface area (TPSA) is 64.8 Å². The first-order valence-corrected chi connectivity index (χ1v) is 7.12. The van der Waals surface area contributed by atoms with Crippen molar-refractivity contribution < 1.29 is 4.39 Å². The quantitative estimate of drug-likeness (QED) is 0.656. The normalized spacial score (nSPS) is 15.0. The van der Waals surface area contributed by atoms with Gasteiger partial charge in [0.1, 0.15) is 0 Å². The summed E-state index contributed by atoms with van der Waals surface area (Å²) in [6.45, 7) is 3.53. The van der Waals surface area contributed by atoms with Gasteiger partial charge in [-0.05, 0) is 30.8 Å². The van der Waals surface area contributed by atoms with Gasteiger partial charge in [0.05, 0.1) is 5.56 Å². The van der Waals surface area contributed by atoms with Gasteiger partial charge in [0.15, 0.2) is 4.77 Å². The number of hydrogen-bond donors (Lipinski definition) is 2. The van der Waals surface area contributed by atoms with E-state index >= 15 is 0 Å². The van der Waals surface area contributed by atoms with Gasteiger partial charge in [-0.3, -0.25) is 14.7 Å². The van der Waals surface area contributed by atoms with Crippen LogP contribution in [0.15, 0.2) is 17.1 Å². The third-order valence-corrected chi connectivity index (χ3v) is 4.01. The van der Waals surface area contributed by atoms with Crippen LogP contribution in [-0.4, -0.2) is 26.4 Å². The number of halogens is 1. The fourth-order valence-corrected chi connectivity index (χ4v) is 2.83. The van der Waals surface area contributed by atoms with Crippen molar-refractivity contribution in [3.8, 4) is 0 Å². The van der Waals surface area contributed by atoms with E-state index in [4.69, 9.17) is 12.2 Å². The van der Waals surface area contributed by atoms with Gasteiger partial charge in [-0.15, -0.1) is 0 Å². The van der Waals surface area contributed by atoms with Crippen LogP contribution in [0.5, 0.6) is 0 Å². The van der Waals surface area contributed by atoms with E-state index in [1.807, 2.05) is 11.8 Å². The molecule has 0 unspecified atom stereocenters. The van der Waals surface area contributed by atoms with Crippen molar-refractivity contribution in [1.29, 1.82) is 0 Å². The van der Waals surface area contributed by atoms with Crippen molar-refractivity contribution in [2.75, 3.05) is 6.54 Å². The molecule has 2 aromatic rings. The van der Waals surface area contributed by atoms with Crippen LogP contribution in [0.4, 0.5) is 4.39 Å². The zero-order valence-electron chi connectivity index (χ0n) is 11.6. The number of fused-ring (bicyclic) bond motifs is 1. The molecule has 0 aliphatic carbocycles. The Morgan fingerprint density at radius 3 is 3.05 bits per heavy atom. The molecular formula is C14H15FN4OS. The molecule has 1 aliphatic rings. The lowest BCUT2D eigenvalue weighted by Gasteiger charge is -2.28. The van der Waals surface area contributed by atoms with Gasteiger partial charge in [0.25, 0.3) is 5.56 Å². The first kappa shape index (κ1) is 14.1. The maximum Gasteiger partial charge on any atom is 0.256 e. The summed E-state index contributed by atoms with van der Waals surface area (Å²) < 4.78 is 14.2. The second-order valence-electron chi connectivity index (χ2n) is 5.22. The molecule has 3 rings (SSSR count). The molecule has 0 saturated carbocycles. The Morgan fingerprint density at radius 2 is 2.29 bits per heavy atom. The first-order chi connectivity index (χ1) is 10.0. The van der Waals surface area contributed by atoms with Gasteiger partial charge in [-0.2, -0.15) is 4.39 Å². The summed E-state index contributed by atoms with van der Waals surface area (Å²) in [5.41, 5.74) is 2.85. The maximum atomic E-state index is 13.8. The minimum Gasteiger partial charge on any atom is -0.335 e. The highest BCUT2D eigenvalue weighted by Gasteiger charge is 2.21. The number of H-pyrrole nitrogens is 2. The SMILES string of the molecule is Cc1ccnc(F)c1CN1CCc2[nH]c(=S)[nH]c(=O)c2C1. The van der Waals surface area contributed by atoms with Gasteiger partial charge in [-0.25, -0.2) is 4.98 Å². The third-order valence-electron chi connectivity index (χ3n) is 3.81. The van der Waals surface area contributed by atoms with Crippen molar-refractivity contribution in [3.05, 3.63) is 55.7 Å². The van der Waals surface area contributed by atoms with Crippen molar-refractivity contribution in [2.24, 2.45) is 0 Å². The fraction of sp³-hybridized carbons (Fsp3) is 0.357. The molecule has 110 valence electrons. The summed E-state index contributed by atoms with van der Waals surface area (Å²) in [6.07, 6.45) is 2.16. The standard InChI is InChI=1S/C14H15FN4OS/c1-8-2-4-16-12(15)9(8)6-19-5-3-11-10(7-19)13(20)18-14(21)17-11/h2,4H,3,5-7H2,1H3,(H2,17,18,20,21). The highest BCUT2D eigenvalue weighted by Crippen LogP contribution is 2.18. The molecule has 21 heavy (non-hydrogen) atoms. The predicted molar refractivity (Wildman–Crippen MR) is 79.0 cm³/mol. The highest BCUT2D eigenvalue weighted by molar-refractivity contribution is 7.71. The predicted octanol–water partition coefficient (Wildman–Crippen LogP) is 1.83. The van der Waals surface area contributed by atoms with Crippen molar-refractivity contribution >= 4 is 12.2 Å². The summed E-state index contributed by atoms with van der Waals surface area (Å²) in [4.78, 5) is 23.3. The molecule has 2 aromatic heterocycles. The van der Waals surface area contributed by atoms with E-state index in [1.54, 1.807) is 6.07 Å². The number of aromatic amines is 2. The molecule has 0 fully saturated rings. The summed E-state index contributed by atoms with van der Waals surface area (Å²) in [7, 11) is 0. The van der Waals surface area contributed by atoms with Gasteiger partial charge in [0.2, 0.25) is 5.95 Å². The Labute approximate surface area is 125 Å². The van der Waals surface area contributed by atoms with Crippen molar-refractivity contribution in [3.63, 3.8) is 0 Å². The number of rotatable bonds is 2. The number of aryl methyl sites for hydroxylation is 1. The highest BCUT2D eigenvalue weighted by atomic mass is 32.1. The lowest BCUT2D eigenvalue weighted by atomic mass is 10.1. The van der Waals surface area contributed by atoms with Crippen LogP contribution in [0.2, 0.25) is 0 Å². The Hall–Kier alpha value is -1.86. The van der Waals surface area contributed by atoms with E-state index in [0.717, 1.165) is 17.8 Å². The van der Waals surface area contributed by atoms with Crippen LogP contribution in [0.1, 0.15) is 22.4 Å². The minimum atomic E-state index is -0.442. The molecule has 0 aromatic carbocycles. The molecule has 0 spiro atoms. The second-order valence-corrected chi connectivity index (χ2v) is 5.63. The molecule has 0 atom stereocenters. The van der Waals surface area contributed by atoms with E-state index in [9.17, 15) is 9.18 Å². The molecule has 3 heterocycles. The average Bonchev–Trinajstić information content (AvgIpc) is 2.43. The van der Waals surface area contributed by atoms with E-state index in [2.05, 4.69) is 15.0 Å². The van der Waals surface area contributed by atoms with Gasteiger partial charge < -0.3 is 4.98 Å². The number of nitrogens with one attached hydrogen (secondary N) is 2. The number of pyridine rings is 1. The molecular weight excluding hydrogens is 291 g/mol. The smallest absolute Gasteiger partial charge is 0.256 e. The zero-order chi connectivity index (χ0) is 15.0. The van der Waals surface area contributed by atoms with Gasteiger partial charge >= 0.3 is 0 Å². The van der Waals surface area contributed by atoms with Crippen LogP contribution in [0.3, 0.4) is 0 Å². The summed E-state index contributed by atoms with van der Waals surface area (Å²) >= 11 is 4.97. The number of aromatic nitrogens is 3. The fourth-order valence-electron chi connectivity index (χ4n) is 2.62. The molecule has 1 aliphatic heterocycles. The third kappa shape index (κ3) is 2.79. The summed E-state index contributed by atoms with van der Waals surface area (Å²) in [6, 6.07) is 1.79. The zero-order valence-corrected chi connectivity index (χ0v) is 12.4. The second kappa shape index (κ2) is 5.50. The van der Waals surface area contributed by atoms with E-state index in [0.29, 0.717) is 35.4 Å². The Balaban J connectivity index is 1.87. The van der Waals surface area contributed by atoms with E-state index in [1.165, 1.54) is 6.20 Å². The van der Waals surface area contributed by atoms with Crippen molar-refractivity contribution in [1.82, 2.24) is 19.9 Å². The molecule has 0 bridgehead atoms. The lowest BCUT2D eigenvalue weighted by molar-refractivity contribution is 0.237. The molecule has 0 saturated heterocycles. The maximum absolute atomic E-state index is 13.8.